The lowest BCUT2D eigenvalue weighted by Crippen LogP contribution is -2.27. The highest BCUT2D eigenvalue weighted by Crippen LogP contribution is 2.35. The Morgan fingerprint density at radius 1 is 1.00 bits per heavy atom. The van der Waals surface area contributed by atoms with Crippen LogP contribution in [0.1, 0.15) is 26.3 Å². The Morgan fingerprint density at radius 3 is 2.36 bits per heavy atom. The summed E-state index contributed by atoms with van der Waals surface area (Å²) in [6.45, 7) is 5.40. The van der Waals surface area contributed by atoms with Gasteiger partial charge in [0.15, 0.2) is 5.13 Å². The number of methoxy groups -OCH3 is 2. The number of hydrogen-bond acceptors (Lipinski definition) is 7. The van der Waals surface area contributed by atoms with E-state index < -0.39 is 11.7 Å². The van der Waals surface area contributed by atoms with E-state index in [-0.39, 0.29) is 12.3 Å². The lowest BCUT2D eigenvalue weighted by molar-refractivity contribution is -0.115. The fourth-order valence-electron chi connectivity index (χ4n) is 2.95. The van der Waals surface area contributed by atoms with Crippen LogP contribution in [-0.4, -0.2) is 36.8 Å². The molecule has 2 aromatic carbocycles. The van der Waals surface area contributed by atoms with Gasteiger partial charge in [-0.05, 0) is 56.7 Å². The number of carbonyl (C=O) groups is 2. The van der Waals surface area contributed by atoms with Gasteiger partial charge < -0.3 is 19.5 Å². The number of nitrogens with zero attached hydrogens (tertiary/aromatic N) is 1. The first kappa shape index (κ1) is 24.1. The zero-order chi connectivity index (χ0) is 24.0. The largest absolute Gasteiger partial charge is 0.497 e. The third kappa shape index (κ3) is 6.95. The highest BCUT2D eigenvalue weighted by atomic mass is 32.1. The fraction of sp³-hybridized carbons (Fsp3) is 0.292. The zero-order valence-electron chi connectivity index (χ0n) is 19.2. The van der Waals surface area contributed by atoms with Crippen molar-refractivity contribution < 1.29 is 23.8 Å². The molecule has 2 N–H and O–H groups in total. The van der Waals surface area contributed by atoms with Crippen molar-refractivity contribution in [3.63, 3.8) is 0 Å². The number of benzene rings is 2. The molecule has 1 heterocycles. The molecule has 0 atom stereocenters. The van der Waals surface area contributed by atoms with Gasteiger partial charge in [0.25, 0.3) is 0 Å². The summed E-state index contributed by atoms with van der Waals surface area (Å²) >= 11 is 1.33. The lowest BCUT2D eigenvalue weighted by Gasteiger charge is -2.19. The van der Waals surface area contributed by atoms with Crippen LogP contribution in [0, 0.1) is 0 Å². The zero-order valence-corrected chi connectivity index (χ0v) is 20.0. The molecule has 33 heavy (non-hydrogen) atoms. The van der Waals surface area contributed by atoms with Crippen molar-refractivity contribution in [1.29, 1.82) is 0 Å². The quantitative estimate of drug-likeness (QED) is 0.484. The Bertz CT molecular complexity index is 1120. The number of hydrogen-bond donors (Lipinski definition) is 2. The van der Waals surface area contributed by atoms with Gasteiger partial charge in [0, 0.05) is 16.6 Å². The summed E-state index contributed by atoms with van der Waals surface area (Å²) in [5, 5.41) is 7.83. The van der Waals surface area contributed by atoms with E-state index in [0.717, 1.165) is 11.1 Å². The molecule has 8 nitrogen and oxygen atoms in total. The molecule has 0 radical (unpaired) electrons. The first-order valence-electron chi connectivity index (χ1n) is 10.2. The molecule has 0 unspecified atom stereocenters. The molecule has 0 aliphatic carbocycles. The van der Waals surface area contributed by atoms with Crippen LogP contribution in [0.3, 0.4) is 0 Å². The maximum Gasteiger partial charge on any atom is 0.412 e. The van der Waals surface area contributed by atoms with Crippen molar-refractivity contribution in [3.8, 4) is 22.8 Å². The normalized spacial score (nSPS) is 10.9. The molecule has 0 saturated heterocycles. The molecule has 0 saturated carbocycles. The van der Waals surface area contributed by atoms with Crippen molar-refractivity contribution in [2.75, 3.05) is 24.9 Å². The first-order chi connectivity index (χ1) is 15.7. The van der Waals surface area contributed by atoms with Gasteiger partial charge in [0.1, 0.15) is 17.1 Å². The number of aromatic nitrogens is 1. The molecule has 9 heteroatoms. The van der Waals surface area contributed by atoms with Crippen LogP contribution < -0.4 is 20.1 Å². The van der Waals surface area contributed by atoms with Gasteiger partial charge in [-0.25, -0.2) is 9.78 Å². The van der Waals surface area contributed by atoms with Gasteiger partial charge >= 0.3 is 6.09 Å². The Hall–Kier alpha value is -3.59. The van der Waals surface area contributed by atoms with E-state index in [2.05, 4.69) is 15.6 Å². The molecule has 3 rings (SSSR count). The topological polar surface area (TPSA) is 98.8 Å². The van der Waals surface area contributed by atoms with Gasteiger partial charge in [-0.2, -0.15) is 0 Å². The molecule has 0 aliphatic heterocycles. The molecule has 174 valence electrons. The lowest BCUT2D eigenvalue weighted by atomic mass is 10.1. The Kier molecular flexibility index (Phi) is 7.55. The van der Waals surface area contributed by atoms with E-state index in [9.17, 15) is 9.59 Å². The van der Waals surface area contributed by atoms with Crippen molar-refractivity contribution in [2.24, 2.45) is 0 Å². The predicted octanol–water partition coefficient (Wildman–Crippen LogP) is 5.36. The third-order valence-electron chi connectivity index (χ3n) is 4.40. The number of nitrogens with one attached hydrogen (secondary N) is 2. The Labute approximate surface area is 196 Å². The second-order valence-electron chi connectivity index (χ2n) is 8.15. The van der Waals surface area contributed by atoms with Crippen molar-refractivity contribution in [2.45, 2.75) is 32.8 Å². The van der Waals surface area contributed by atoms with E-state index in [1.165, 1.54) is 11.3 Å². The summed E-state index contributed by atoms with van der Waals surface area (Å²) in [7, 11) is 3.19. The van der Waals surface area contributed by atoms with E-state index in [1.807, 2.05) is 23.6 Å². The van der Waals surface area contributed by atoms with Crippen LogP contribution >= 0.6 is 11.3 Å². The van der Waals surface area contributed by atoms with Crippen LogP contribution in [0.4, 0.5) is 15.6 Å². The average Bonchev–Trinajstić information content (AvgIpc) is 3.21. The van der Waals surface area contributed by atoms with Crippen molar-refractivity contribution >= 4 is 34.2 Å². The number of amides is 2. The van der Waals surface area contributed by atoms with E-state index in [0.29, 0.717) is 28.0 Å². The molecule has 0 fully saturated rings. The average molecular weight is 470 g/mol. The van der Waals surface area contributed by atoms with E-state index >= 15 is 0 Å². The fourth-order valence-corrected chi connectivity index (χ4v) is 3.67. The van der Waals surface area contributed by atoms with Gasteiger partial charge in [0.2, 0.25) is 5.91 Å². The molecule has 3 aromatic rings. The minimum atomic E-state index is -0.574. The van der Waals surface area contributed by atoms with E-state index in [4.69, 9.17) is 14.2 Å². The molecule has 0 aliphatic rings. The summed E-state index contributed by atoms with van der Waals surface area (Å²) in [6.07, 6.45) is -0.357. The van der Waals surface area contributed by atoms with Crippen molar-refractivity contribution in [1.82, 2.24) is 4.98 Å². The number of ether oxygens (including phenoxy) is 3. The molecule has 1 aromatic heterocycles. The molecule has 0 spiro atoms. The highest BCUT2D eigenvalue weighted by molar-refractivity contribution is 7.14. The summed E-state index contributed by atoms with van der Waals surface area (Å²) in [6, 6.07) is 12.5. The molecular weight excluding hydrogens is 442 g/mol. The van der Waals surface area contributed by atoms with Gasteiger partial charge in [0.05, 0.1) is 26.3 Å². The van der Waals surface area contributed by atoms with Gasteiger partial charge in [-0.3, -0.25) is 10.1 Å². The summed E-state index contributed by atoms with van der Waals surface area (Å²) in [5.41, 5.74) is 2.28. The molecule has 0 bridgehead atoms. The van der Waals surface area contributed by atoms with Crippen molar-refractivity contribution in [3.05, 3.63) is 53.4 Å². The van der Waals surface area contributed by atoms with Crippen LogP contribution in [0.5, 0.6) is 11.5 Å². The number of carbonyl (C=O) groups excluding carboxylic acids is 2. The minimum Gasteiger partial charge on any atom is -0.497 e. The number of rotatable bonds is 7. The standard InChI is InChI=1S/C24H27N3O5S/c1-24(2,3)32-23(29)25-16-8-6-15(7-9-16)12-21(28)27-22-26-19(14-33-22)18-13-17(30-4)10-11-20(18)31-5/h6-11,13-14H,12H2,1-5H3,(H,25,29)(H,26,27,28). The second-order valence-corrected chi connectivity index (χ2v) is 9.01. The minimum absolute atomic E-state index is 0.171. The predicted molar refractivity (Wildman–Crippen MR) is 129 cm³/mol. The van der Waals surface area contributed by atoms with Crippen LogP contribution in [0.15, 0.2) is 47.8 Å². The second kappa shape index (κ2) is 10.4. The summed E-state index contributed by atoms with van der Waals surface area (Å²) in [5.74, 6) is 1.16. The maximum atomic E-state index is 12.5. The van der Waals surface area contributed by atoms with Crippen LogP contribution in [0.2, 0.25) is 0 Å². The maximum absolute atomic E-state index is 12.5. The third-order valence-corrected chi connectivity index (χ3v) is 5.15. The van der Waals surface area contributed by atoms with E-state index in [1.54, 1.807) is 59.3 Å². The van der Waals surface area contributed by atoms with Gasteiger partial charge in [-0.15, -0.1) is 11.3 Å². The number of thiazole rings is 1. The Morgan fingerprint density at radius 2 is 1.73 bits per heavy atom. The molecule has 2 amide bonds. The summed E-state index contributed by atoms with van der Waals surface area (Å²) < 4.78 is 15.9. The Balaban J connectivity index is 1.60. The number of anilines is 2. The van der Waals surface area contributed by atoms with Gasteiger partial charge in [-0.1, -0.05) is 12.1 Å². The smallest absolute Gasteiger partial charge is 0.412 e. The summed E-state index contributed by atoms with van der Waals surface area (Å²) in [4.78, 5) is 28.9. The van der Waals surface area contributed by atoms with Crippen LogP contribution in [0.25, 0.3) is 11.3 Å². The molecular formula is C24H27N3O5S. The SMILES string of the molecule is COc1ccc(OC)c(-c2csc(NC(=O)Cc3ccc(NC(=O)OC(C)(C)C)cc3)n2)c1. The van der Waals surface area contributed by atoms with Crippen LogP contribution in [-0.2, 0) is 16.0 Å². The highest BCUT2D eigenvalue weighted by Gasteiger charge is 2.16. The first-order valence-corrected chi connectivity index (χ1v) is 11.1. The monoisotopic (exact) mass is 469 g/mol.